The number of amides is 1. The van der Waals surface area contributed by atoms with Gasteiger partial charge in [0.15, 0.2) is 11.5 Å². The van der Waals surface area contributed by atoms with Gasteiger partial charge in [0.05, 0.1) is 10.9 Å². The van der Waals surface area contributed by atoms with Crippen molar-refractivity contribution in [3.8, 4) is 11.5 Å². The number of carbonyl (C=O) groups excluding carboxylic acids is 1. The van der Waals surface area contributed by atoms with Gasteiger partial charge in [-0.3, -0.25) is 4.79 Å². The van der Waals surface area contributed by atoms with Crippen LogP contribution in [0.2, 0.25) is 0 Å². The molecule has 5 rings (SSSR count). The number of fused-ring (bicyclic) bond motifs is 2. The van der Waals surface area contributed by atoms with Crippen LogP contribution in [0, 0.1) is 0 Å². The number of nitrogens with one attached hydrogen (secondary N) is 1. The summed E-state index contributed by atoms with van der Waals surface area (Å²) in [4.78, 5) is 13.3. The number of carbonyl (C=O) groups is 1. The van der Waals surface area contributed by atoms with Gasteiger partial charge in [-0.2, -0.15) is 4.31 Å². The van der Waals surface area contributed by atoms with E-state index >= 15 is 0 Å². The molecule has 1 aliphatic carbocycles. The molecule has 1 N–H and O–H groups in total. The Labute approximate surface area is 182 Å². The molecule has 7 nitrogen and oxygen atoms in total. The summed E-state index contributed by atoms with van der Waals surface area (Å²) in [6.07, 6.45) is 4.06. The van der Waals surface area contributed by atoms with Crippen LogP contribution in [0.25, 0.3) is 0 Å². The SMILES string of the molecule is O=C(N[C@@H]1CCCc2ccccc21)[C@H]1CCCN1S(=O)(=O)c1ccc2c(c1)OCCO2. The minimum absolute atomic E-state index is 0.0723. The number of ether oxygens (including phenoxy) is 2. The smallest absolute Gasteiger partial charge is 0.243 e. The van der Waals surface area contributed by atoms with Gasteiger partial charge < -0.3 is 14.8 Å². The van der Waals surface area contributed by atoms with Gasteiger partial charge in [-0.1, -0.05) is 24.3 Å². The molecular weight excluding hydrogens is 416 g/mol. The summed E-state index contributed by atoms with van der Waals surface area (Å²) in [5.74, 6) is 0.739. The third kappa shape index (κ3) is 3.78. The Kier molecular flexibility index (Phi) is 5.35. The number of hydrogen-bond acceptors (Lipinski definition) is 5. The Morgan fingerprint density at radius 3 is 2.68 bits per heavy atom. The first kappa shape index (κ1) is 20.3. The number of aryl methyl sites for hydroxylation is 1. The van der Waals surface area contributed by atoms with Gasteiger partial charge in [-0.05, 0) is 55.4 Å². The predicted octanol–water partition coefficient (Wildman–Crippen LogP) is 2.80. The minimum Gasteiger partial charge on any atom is -0.486 e. The van der Waals surface area contributed by atoms with Crippen molar-refractivity contribution in [2.45, 2.75) is 49.1 Å². The molecule has 2 heterocycles. The van der Waals surface area contributed by atoms with Crippen molar-refractivity contribution < 1.29 is 22.7 Å². The molecule has 3 aliphatic rings. The van der Waals surface area contributed by atoms with Gasteiger partial charge in [-0.15, -0.1) is 0 Å². The number of rotatable bonds is 4. The summed E-state index contributed by atoms with van der Waals surface area (Å²) in [5, 5.41) is 3.13. The Morgan fingerprint density at radius 2 is 1.81 bits per heavy atom. The van der Waals surface area contributed by atoms with Gasteiger partial charge >= 0.3 is 0 Å². The highest BCUT2D eigenvalue weighted by Crippen LogP contribution is 2.35. The maximum absolute atomic E-state index is 13.4. The first-order chi connectivity index (χ1) is 15.0. The Morgan fingerprint density at radius 1 is 1.00 bits per heavy atom. The zero-order valence-corrected chi connectivity index (χ0v) is 18.1. The maximum Gasteiger partial charge on any atom is 0.243 e. The number of benzene rings is 2. The summed E-state index contributed by atoms with van der Waals surface area (Å²) in [6, 6.07) is 12.0. The molecule has 8 heteroatoms. The lowest BCUT2D eigenvalue weighted by molar-refractivity contribution is -0.125. The van der Waals surface area contributed by atoms with Crippen molar-refractivity contribution in [3.05, 3.63) is 53.6 Å². The van der Waals surface area contributed by atoms with Gasteiger partial charge in [0.2, 0.25) is 15.9 Å². The van der Waals surface area contributed by atoms with Crippen LogP contribution in [-0.4, -0.2) is 44.4 Å². The molecule has 0 spiro atoms. The van der Waals surface area contributed by atoms with Crippen LogP contribution in [0.3, 0.4) is 0 Å². The number of hydrogen-bond donors (Lipinski definition) is 1. The Balaban J connectivity index is 1.36. The summed E-state index contributed by atoms with van der Waals surface area (Å²) < 4.78 is 39.1. The second-order valence-electron chi connectivity index (χ2n) is 8.23. The number of nitrogens with zero attached hydrogens (tertiary/aromatic N) is 1. The zero-order valence-electron chi connectivity index (χ0n) is 17.2. The molecule has 1 amide bonds. The molecule has 164 valence electrons. The molecule has 0 saturated carbocycles. The highest BCUT2D eigenvalue weighted by Gasteiger charge is 2.40. The predicted molar refractivity (Wildman–Crippen MR) is 115 cm³/mol. The van der Waals surface area contributed by atoms with E-state index < -0.39 is 16.1 Å². The minimum atomic E-state index is -3.83. The summed E-state index contributed by atoms with van der Waals surface area (Å²) in [6.45, 7) is 1.15. The van der Waals surface area contributed by atoms with E-state index in [1.807, 2.05) is 12.1 Å². The third-order valence-electron chi connectivity index (χ3n) is 6.31. The second-order valence-corrected chi connectivity index (χ2v) is 10.1. The summed E-state index contributed by atoms with van der Waals surface area (Å²) >= 11 is 0. The van der Waals surface area contributed by atoms with E-state index in [4.69, 9.17) is 9.47 Å². The lowest BCUT2D eigenvalue weighted by Gasteiger charge is -2.29. The van der Waals surface area contributed by atoms with Gasteiger partial charge in [0.25, 0.3) is 0 Å². The molecule has 1 saturated heterocycles. The fourth-order valence-corrected chi connectivity index (χ4v) is 6.45. The topological polar surface area (TPSA) is 84.9 Å². The normalized spacial score (nSPS) is 23.2. The van der Waals surface area contributed by atoms with E-state index in [0.717, 1.165) is 24.8 Å². The zero-order chi connectivity index (χ0) is 21.4. The van der Waals surface area contributed by atoms with Gasteiger partial charge in [-0.25, -0.2) is 8.42 Å². The molecule has 2 aromatic rings. The van der Waals surface area contributed by atoms with Gasteiger partial charge in [0, 0.05) is 12.6 Å². The molecule has 0 bridgehead atoms. The average molecular weight is 443 g/mol. The molecule has 0 radical (unpaired) electrons. The van der Waals surface area contributed by atoms with Crippen LogP contribution in [-0.2, 0) is 21.2 Å². The van der Waals surface area contributed by atoms with Crippen LogP contribution < -0.4 is 14.8 Å². The molecule has 2 atom stereocenters. The first-order valence-corrected chi connectivity index (χ1v) is 12.3. The van der Waals surface area contributed by atoms with Crippen LogP contribution in [0.5, 0.6) is 11.5 Å². The molecule has 0 aromatic heterocycles. The lowest BCUT2D eigenvalue weighted by Crippen LogP contribution is -2.47. The summed E-state index contributed by atoms with van der Waals surface area (Å²) in [7, 11) is -3.83. The first-order valence-electron chi connectivity index (χ1n) is 10.8. The third-order valence-corrected chi connectivity index (χ3v) is 8.22. The van der Waals surface area contributed by atoms with E-state index in [-0.39, 0.29) is 16.8 Å². The van der Waals surface area contributed by atoms with E-state index in [1.54, 1.807) is 6.07 Å². The van der Waals surface area contributed by atoms with Crippen molar-refractivity contribution in [1.29, 1.82) is 0 Å². The van der Waals surface area contributed by atoms with Crippen molar-refractivity contribution in [2.24, 2.45) is 0 Å². The molecule has 0 unspecified atom stereocenters. The second kappa shape index (κ2) is 8.16. The van der Waals surface area contributed by atoms with Crippen molar-refractivity contribution in [2.75, 3.05) is 19.8 Å². The maximum atomic E-state index is 13.4. The van der Waals surface area contributed by atoms with Gasteiger partial charge in [0.1, 0.15) is 19.3 Å². The van der Waals surface area contributed by atoms with Crippen molar-refractivity contribution in [1.82, 2.24) is 9.62 Å². The van der Waals surface area contributed by atoms with Crippen LogP contribution >= 0.6 is 0 Å². The van der Waals surface area contributed by atoms with Crippen LogP contribution in [0.4, 0.5) is 0 Å². The number of sulfonamides is 1. The van der Waals surface area contributed by atoms with Crippen LogP contribution in [0.1, 0.15) is 42.9 Å². The quantitative estimate of drug-likeness (QED) is 0.787. The Bertz CT molecular complexity index is 1100. The molecule has 2 aromatic carbocycles. The molecular formula is C23H26N2O5S. The summed E-state index contributed by atoms with van der Waals surface area (Å²) in [5.41, 5.74) is 2.40. The largest absolute Gasteiger partial charge is 0.486 e. The molecule has 1 fully saturated rings. The van der Waals surface area contributed by atoms with E-state index in [1.165, 1.54) is 22.0 Å². The molecule has 31 heavy (non-hydrogen) atoms. The van der Waals surface area contributed by atoms with Crippen molar-refractivity contribution >= 4 is 15.9 Å². The molecule has 2 aliphatic heterocycles. The fourth-order valence-electron chi connectivity index (χ4n) is 4.78. The Hall–Kier alpha value is -2.58. The van der Waals surface area contributed by atoms with Crippen molar-refractivity contribution in [3.63, 3.8) is 0 Å². The standard InChI is InChI=1S/C23H26N2O5S/c26-23(24-19-8-3-6-16-5-1-2-7-18(16)19)20-9-4-12-25(20)31(27,28)17-10-11-21-22(15-17)30-14-13-29-21/h1-2,5,7,10-11,15,19-20H,3-4,6,8-9,12-14H2,(H,24,26)/t19-,20-/m1/s1. The van der Waals surface area contributed by atoms with E-state index in [2.05, 4.69) is 17.4 Å². The highest BCUT2D eigenvalue weighted by molar-refractivity contribution is 7.89. The fraction of sp³-hybridized carbons (Fsp3) is 0.435. The average Bonchev–Trinajstić information content (AvgIpc) is 3.30. The van der Waals surface area contributed by atoms with Crippen LogP contribution in [0.15, 0.2) is 47.4 Å². The van der Waals surface area contributed by atoms with E-state index in [0.29, 0.717) is 44.1 Å². The lowest BCUT2D eigenvalue weighted by atomic mass is 9.87. The monoisotopic (exact) mass is 442 g/mol. The highest BCUT2D eigenvalue weighted by atomic mass is 32.2. The van der Waals surface area contributed by atoms with E-state index in [9.17, 15) is 13.2 Å².